The molecule has 1 saturated heterocycles. The van der Waals surface area contributed by atoms with Crippen LogP contribution in [0.25, 0.3) is 0 Å². The number of carbonyl (C=O) groups is 1. The van der Waals surface area contributed by atoms with Gasteiger partial charge in [0, 0.05) is 30.7 Å². The van der Waals surface area contributed by atoms with Crippen LogP contribution in [0.1, 0.15) is 9.67 Å². The van der Waals surface area contributed by atoms with Crippen molar-refractivity contribution in [2.24, 2.45) is 0 Å². The smallest absolute Gasteiger partial charge is 0.262 e. The van der Waals surface area contributed by atoms with Crippen LogP contribution in [0.2, 0.25) is 0 Å². The van der Waals surface area contributed by atoms with Gasteiger partial charge in [-0.25, -0.2) is 0 Å². The molecule has 1 atom stereocenters. The number of hydrogen-bond acceptors (Lipinski definition) is 5. The van der Waals surface area contributed by atoms with Crippen LogP contribution in [0.15, 0.2) is 15.9 Å². The van der Waals surface area contributed by atoms with Crippen LogP contribution in [0.3, 0.4) is 0 Å². The van der Waals surface area contributed by atoms with E-state index in [-0.39, 0.29) is 12.5 Å². The average molecular weight is 349 g/mol. The van der Waals surface area contributed by atoms with E-state index in [0.29, 0.717) is 24.6 Å². The zero-order chi connectivity index (χ0) is 13.7. The fourth-order valence-corrected chi connectivity index (χ4v) is 3.36. The Morgan fingerprint density at radius 3 is 2.95 bits per heavy atom. The van der Waals surface area contributed by atoms with Crippen molar-refractivity contribution in [2.75, 3.05) is 39.4 Å². The molecule has 1 fully saturated rings. The largest absolute Gasteiger partial charge is 0.390 e. The molecule has 1 aromatic rings. The van der Waals surface area contributed by atoms with E-state index in [2.05, 4.69) is 26.1 Å². The Morgan fingerprint density at radius 2 is 2.32 bits per heavy atom. The topological polar surface area (TPSA) is 61.8 Å². The van der Waals surface area contributed by atoms with Crippen molar-refractivity contribution in [3.8, 4) is 0 Å². The quantitative estimate of drug-likeness (QED) is 0.831. The van der Waals surface area contributed by atoms with Crippen LogP contribution in [-0.2, 0) is 4.74 Å². The van der Waals surface area contributed by atoms with Gasteiger partial charge in [0.2, 0.25) is 0 Å². The summed E-state index contributed by atoms with van der Waals surface area (Å²) in [6.07, 6.45) is -0.555. The van der Waals surface area contributed by atoms with Gasteiger partial charge in [-0.2, -0.15) is 0 Å². The maximum Gasteiger partial charge on any atom is 0.262 e. The van der Waals surface area contributed by atoms with Gasteiger partial charge in [0.25, 0.3) is 5.91 Å². The van der Waals surface area contributed by atoms with E-state index < -0.39 is 6.10 Å². The molecular weight excluding hydrogens is 332 g/mol. The van der Waals surface area contributed by atoms with Crippen LogP contribution < -0.4 is 5.32 Å². The number of nitrogens with zero attached hydrogens (tertiary/aromatic N) is 1. The molecule has 106 valence electrons. The van der Waals surface area contributed by atoms with Crippen molar-refractivity contribution in [3.05, 3.63) is 20.8 Å². The summed E-state index contributed by atoms with van der Waals surface area (Å²) in [4.78, 5) is 14.6. The van der Waals surface area contributed by atoms with E-state index >= 15 is 0 Å². The molecule has 0 aliphatic carbocycles. The number of β-amino-alcohol motifs (C(OH)–C–C–N with tert-alkyl or cyclic N) is 1. The van der Waals surface area contributed by atoms with E-state index in [9.17, 15) is 9.90 Å². The summed E-state index contributed by atoms with van der Waals surface area (Å²) in [5, 5.41) is 14.5. The molecule has 1 aromatic heterocycles. The molecule has 1 aliphatic rings. The number of amides is 1. The summed E-state index contributed by atoms with van der Waals surface area (Å²) < 4.78 is 6.03. The summed E-state index contributed by atoms with van der Waals surface area (Å²) in [7, 11) is 0. The van der Waals surface area contributed by atoms with Gasteiger partial charge in [0.1, 0.15) is 4.88 Å². The van der Waals surface area contributed by atoms with Crippen molar-refractivity contribution in [1.82, 2.24) is 10.2 Å². The minimum Gasteiger partial charge on any atom is -0.390 e. The first-order valence-electron chi connectivity index (χ1n) is 6.16. The predicted molar refractivity (Wildman–Crippen MR) is 77.6 cm³/mol. The van der Waals surface area contributed by atoms with E-state index in [1.54, 1.807) is 0 Å². The Morgan fingerprint density at radius 1 is 1.58 bits per heavy atom. The predicted octanol–water partition coefficient (Wildman–Crippen LogP) is 0.933. The summed E-state index contributed by atoms with van der Waals surface area (Å²) in [6.45, 7) is 3.92. The standard InChI is InChI=1S/C12H17BrN2O3S/c13-10-1-6-19-11(10)12(17)14-7-9(16)8-15-2-4-18-5-3-15/h1,6,9,16H,2-5,7-8H2,(H,14,17). The molecule has 2 N–H and O–H groups in total. The minimum atomic E-state index is -0.555. The van der Waals surface area contributed by atoms with Gasteiger partial charge in [-0.05, 0) is 27.4 Å². The fraction of sp³-hybridized carbons (Fsp3) is 0.583. The van der Waals surface area contributed by atoms with Crippen LogP contribution in [0, 0.1) is 0 Å². The SMILES string of the molecule is O=C(NCC(O)CN1CCOCC1)c1sccc1Br. The van der Waals surface area contributed by atoms with E-state index in [4.69, 9.17) is 4.74 Å². The van der Waals surface area contributed by atoms with E-state index in [1.807, 2.05) is 11.4 Å². The number of hydrogen-bond donors (Lipinski definition) is 2. The Bertz CT molecular complexity index is 421. The highest BCUT2D eigenvalue weighted by atomic mass is 79.9. The van der Waals surface area contributed by atoms with Gasteiger partial charge in [-0.3, -0.25) is 9.69 Å². The van der Waals surface area contributed by atoms with Crippen molar-refractivity contribution in [3.63, 3.8) is 0 Å². The monoisotopic (exact) mass is 348 g/mol. The maximum atomic E-state index is 11.8. The average Bonchev–Trinajstić information content (AvgIpc) is 2.83. The first-order chi connectivity index (χ1) is 9.16. The number of thiophene rings is 1. The Hall–Kier alpha value is -0.470. The lowest BCUT2D eigenvalue weighted by molar-refractivity contribution is 0.0149. The van der Waals surface area contributed by atoms with Crippen molar-refractivity contribution in [2.45, 2.75) is 6.10 Å². The molecule has 7 heteroatoms. The molecule has 0 aromatic carbocycles. The second-order valence-electron chi connectivity index (χ2n) is 4.37. The molecule has 0 spiro atoms. The third kappa shape index (κ3) is 4.54. The van der Waals surface area contributed by atoms with Gasteiger partial charge >= 0.3 is 0 Å². The molecule has 2 rings (SSSR count). The van der Waals surface area contributed by atoms with Crippen LogP contribution >= 0.6 is 27.3 Å². The number of carbonyl (C=O) groups excluding carboxylic acids is 1. The highest BCUT2D eigenvalue weighted by molar-refractivity contribution is 9.10. The van der Waals surface area contributed by atoms with Crippen LogP contribution in [0.4, 0.5) is 0 Å². The molecule has 19 heavy (non-hydrogen) atoms. The number of halogens is 1. The summed E-state index contributed by atoms with van der Waals surface area (Å²) in [5.41, 5.74) is 0. The van der Waals surface area contributed by atoms with Crippen molar-refractivity contribution in [1.29, 1.82) is 0 Å². The lowest BCUT2D eigenvalue weighted by Gasteiger charge is -2.28. The molecule has 0 radical (unpaired) electrons. The third-order valence-electron chi connectivity index (χ3n) is 2.89. The van der Waals surface area contributed by atoms with Gasteiger partial charge in [0.15, 0.2) is 0 Å². The van der Waals surface area contributed by atoms with Crippen molar-refractivity contribution >= 4 is 33.2 Å². The van der Waals surface area contributed by atoms with Gasteiger partial charge in [0.05, 0.1) is 19.3 Å². The van der Waals surface area contributed by atoms with Gasteiger partial charge < -0.3 is 15.2 Å². The highest BCUT2D eigenvalue weighted by Gasteiger charge is 2.17. The number of aliphatic hydroxyl groups excluding tert-OH is 1. The fourth-order valence-electron chi connectivity index (χ4n) is 1.89. The van der Waals surface area contributed by atoms with Crippen molar-refractivity contribution < 1.29 is 14.6 Å². The highest BCUT2D eigenvalue weighted by Crippen LogP contribution is 2.22. The second-order valence-corrected chi connectivity index (χ2v) is 6.14. The molecule has 1 unspecified atom stereocenters. The Kier molecular flexibility index (Phi) is 5.77. The second kappa shape index (κ2) is 7.35. The number of aliphatic hydroxyl groups is 1. The number of rotatable bonds is 5. The zero-order valence-electron chi connectivity index (χ0n) is 10.5. The van der Waals surface area contributed by atoms with Gasteiger partial charge in [-0.1, -0.05) is 0 Å². The third-order valence-corrected chi connectivity index (χ3v) is 4.73. The summed E-state index contributed by atoms with van der Waals surface area (Å²) >= 11 is 4.70. The number of nitrogens with one attached hydrogen (secondary N) is 1. The molecular formula is C12H17BrN2O3S. The lowest BCUT2D eigenvalue weighted by Crippen LogP contribution is -2.44. The Labute approximate surface area is 124 Å². The normalized spacial score (nSPS) is 18.2. The zero-order valence-corrected chi connectivity index (χ0v) is 12.9. The number of ether oxygens (including phenoxy) is 1. The molecule has 0 bridgehead atoms. The molecule has 1 amide bonds. The maximum absolute atomic E-state index is 11.8. The van der Waals surface area contributed by atoms with E-state index in [1.165, 1.54) is 11.3 Å². The molecule has 1 aliphatic heterocycles. The first-order valence-corrected chi connectivity index (χ1v) is 7.83. The lowest BCUT2D eigenvalue weighted by atomic mass is 10.3. The number of morpholine rings is 1. The van der Waals surface area contributed by atoms with Crippen LogP contribution in [-0.4, -0.2) is 61.4 Å². The molecule has 0 saturated carbocycles. The molecule has 2 heterocycles. The van der Waals surface area contributed by atoms with Crippen LogP contribution in [0.5, 0.6) is 0 Å². The van der Waals surface area contributed by atoms with E-state index in [0.717, 1.165) is 17.6 Å². The Balaban J connectivity index is 1.72. The summed E-state index contributed by atoms with van der Waals surface area (Å²) in [6, 6.07) is 1.84. The first kappa shape index (κ1) is 14.9. The summed E-state index contributed by atoms with van der Waals surface area (Å²) in [5.74, 6) is -0.150. The molecule has 5 nitrogen and oxygen atoms in total. The minimum absolute atomic E-state index is 0.150. The van der Waals surface area contributed by atoms with Gasteiger partial charge in [-0.15, -0.1) is 11.3 Å².